The zero-order valence-corrected chi connectivity index (χ0v) is 10.7. The largest absolute Gasteiger partial charge is 0.496 e. The summed E-state index contributed by atoms with van der Waals surface area (Å²) in [5.41, 5.74) is 1.17. The fourth-order valence-electron chi connectivity index (χ4n) is 1.90. The van der Waals surface area contributed by atoms with E-state index in [1.807, 2.05) is 30.3 Å². The molecule has 2 aromatic rings. The minimum atomic E-state index is -0.178. The van der Waals surface area contributed by atoms with E-state index in [9.17, 15) is 10.2 Å². The van der Waals surface area contributed by atoms with Crippen molar-refractivity contribution in [1.82, 2.24) is 0 Å². The van der Waals surface area contributed by atoms with Crippen LogP contribution in [0.15, 0.2) is 42.5 Å². The predicted octanol–water partition coefficient (Wildman–Crippen LogP) is 2.47. The van der Waals surface area contributed by atoms with Crippen LogP contribution in [-0.4, -0.2) is 17.3 Å². The van der Waals surface area contributed by atoms with Gasteiger partial charge in [0, 0.05) is 11.1 Å². The average Bonchev–Trinajstić information content (AvgIpc) is 2.47. The number of benzene rings is 2. The van der Waals surface area contributed by atoms with Crippen LogP contribution >= 0.6 is 0 Å². The van der Waals surface area contributed by atoms with E-state index in [0.717, 1.165) is 0 Å². The fourth-order valence-corrected chi connectivity index (χ4v) is 1.90. The Morgan fingerprint density at radius 1 is 0.895 bits per heavy atom. The summed E-state index contributed by atoms with van der Waals surface area (Å²) in [5.74, 6) is 1.74. The Balaban J connectivity index is 2.36. The van der Waals surface area contributed by atoms with Crippen LogP contribution in [0.2, 0.25) is 0 Å². The minimum Gasteiger partial charge on any atom is -0.496 e. The van der Waals surface area contributed by atoms with E-state index in [4.69, 9.17) is 9.47 Å². The van der Waals surface area contributed by atoms with E-state index < -0.39 is 0 Å². The second-order valence-electron chi connectivity index (χ2n) is 4.01. The molecule has 0 saturated heterocycles. The summed E-state index contributed by atoms with van der Waals surface area (Å²) in [7, 11) is 1.51. The van der Waals surface area contributed by atoms with E-state index in [0.29, 0.717) is 28.4 Å². The Hall–Kier alpha value is -2.04. The summed E-state index contributed by atoms with van der Waals surface area (Å²) in [4.78, 5) is 0. The van der Waals surface area contributed by atoms with E-state index >= 15 is 0 Å². The quantitative estimate of drug-likeness (QED) is 0.867. The molecule has 0 heterocycles. The number of ether oxygens (including phenoxy) is 2. The molecule has 2 N–H and O–H groups in total. The third kappa shape index (κ3) is 3.05. The maximum atomic E-state index is 9.34. The molecule has 0 aliphatic carbocycles. The fraction of sp³-hybridized carbons (Fsp3) is 0.200. The van der Waals surface area contributed by atoms with Crippen LogP contribution in [0.25, 0.3) is 0 Å². The Kier molecular flexibility index (Phi) is 4.39. The number of hydrogen-bond acceptors (Lipinski definition) is 4. The summed E-state index contributed by atoms with van der Waals surface area (Å²) < 4.78 is 10.9. The third-order valence-electron chi connectivity index (χ3n) is 2.74. The minimum absolute atomic E-state index is 0.178. The Morgan fingerprint density at radius 2 is 1.47 bits per heavy atom. The van der Waals surface area contributed by atoms with Crippen LogP contribution in [0.1, 0.15) is 11.1 Å². The highest BCUT2D eigenvalue weighted by molar-refractivity contribution is 5.48. The summed E-state index contributed by atoms with van der Waals surface area (Å²) in [6, 6.07) is 12.7. The van der Waals surface area contributed by atoms with Gasteiger partial charge in [-0.05, 0) is 24.3 Å². The normalized spacial score (nSPS) is 10.3. The monoisotopic (exact) mass is 260 g/mol. The second-order valence-corrected chi connectivity index (χ2v) is 4.01. The van der Waals surface area contributed by atoms with Crippen molar-refractivity contribution in [2.75, 3.05) is 7.11 Å². The van der Waals surface area contributed by atoms with Crippen LogP contribution < -0.4 is 9.47 Å². The lowest BCUT2D eigenvalue weighted by Crippen LogP contribution is -1.99. The molecule has 100 valence electrons. The number of aliphatic hydroxyl groups is 2. The van der Waals surface area contributed by atoms with Gasteiger partial charge in [-0.2, -0.15) is 0 Å². The van der Waals surface area contributed by atoms with Gasteiger partial charge in [0.2, 0.25) is 0 Å². The maximum Gasteiger partial charge on any atom is 0.130 e. The van der Waals surface area contributed by atoms with Crippen molar-refractivity contribution in [3.05, 3.63) is 53.6 Å². The van der Waals surface area contributed by atoms with Gasteiger partial charge in [0.1, 0.15) is 17.2 Å². The van der Waals surface area contributed by atoms with Crippen molar-refractivity contribution in [1.29, 1.82) is 0 Å². The van der Waals surface area contributed by atoms with Crippen molar-refractivity contribution >= 4 is 0 Å². The average molecular weight is 260 g/mol. The van der Waals surface area contributed by atoms with Gasteiger partial charge in [-0.15, -0.1) is 0 Å². The van der Waals surface area contributed by atoms with Crippen molar-refractivity contribution in [3.8, 4) is 17.2 Å². The van der Waals surface area contributed by atoms with Crippen molar-refractivity contribution in [3.63, 3.8) is 0 Å². The zero-order chi connectivity index (χ0) is 13.7. The molecule has 2 aromatic carbocycles. The number of aliphatic hydroxyl groups excluding tert-OH is 2. The van der Waals surface area contributed by atoms with Crippen LogP contribution in [0.5, 0.6) is 17.2 Å². The number of para-hydroxylation sites is 1. The van der Waals surface area contributed by atoms with E-state index in [-0.39, 0.29) is 13.2 Å². The molecule has 0 aromatic heterocycles. The Morgan fingerprint density at radius 3 is 1.95 bits per heavy atom. The first kappa shape index (κ1) is 13.4. The molecule has 0 bridgehead atoms. The van der Waals surface area contributed by atoms with Gasteiger partial charge in [0.05, 0.1) is 20.3 Å². The van der Waals surface area contributed by atoms with E-state index in [2.05, 4.69) is 0 Å². The summed E-state index contributed by atoms with van der Waals surface area (Å²) in [6.45, 7) is -0.357. The van der Waals surface area contributed by atoms with Crippen molar-refractivity contribution in [2.45, 2.75) is 13.2 Å². The van der Waals surface area contributed by atoms with E-state index in [1.54, 1.807) is 12.1 Å². The topological polar surface area (TPSA) is 58.9 Å². The van der Waals surface area contributed by atoms with Crippen LogP contribution in [0.3, 0.4) is 0 Å². The van der Waals surface area contributed by atoms with Crippen LogP contribution in [-0.2, 0) is 13.2 Å². The predicted molar refractivity (Wildman–Crippen MR) is 71.4 cm³/mol. The van der Waals surface area contributed by atoms with Gasteiger partial charge in [0.25, 0.3) is 0 Å². The molecule has 0 aliphatic rings. The molecule has 19 heavy (non-hydrogen) atoms. The SMILES string of the molecule is COc1c(CO)cc(Oc2ccccc2)cc1CO. The molecule has 0 radical (unpaired) electrons. The van der Waals surface area contributed by atoms with Crippen LogP contribution in [0.4, 0.5) is 0 Å². The van der Waals surface area contributed by atoms with Gasteiger partial charge < -0.3 is 19.7 Å². The van der Waals surface area contributed by atoms with Crippen LogP contribution in [0, 0.1) is 0 Å². The molecular weight excluding hydrogens is 244 g/mol. The maximum absolute atomic E-state index is 9.34. The molecule has 0 aliphatic heterocycles. The summed E-state index contributed by atoms with van der Waals surface area (Å²) in [6.07, 6.45) is 0. The number of rotatable bonds is 5. The second kappa shape index (κ2) is 6.22. The summed E-state index contributed by atoms with van der Waals surface area (Å²) in [5, 5.41) is 18.7. The van der Waals surface area contributed by atoms with Crippen molar-refractivity contribution in [2.24, 2.45) is 0 Å². The molecule has 0 spiro atoms. The lowest BCUT2D eigenvalue weighted by molar-refractivity contribution is 0.260. The van der Waals surface area contributed by atoms with Gasteiger partial charge in [-0.1, -0.05) is 18.2 Å². The third-order valence-corrected chi connectivity index (χ3v) is 2.74. The lowest BCUT2D eigenvalue weighted by atomic mass is 10.1. The van der Waals surface area contributed by atoms with Gasteiger partial charge in [0.15, 0.2) is 0 Å². The molecule has 0 fully saturated rings. The molecule has 0 atom stereocenters. The standard InChI is InChI=1S/C15H16O4/c1-18-15-11(9-16)7-14(8-12(15)10-17)19-13-5-3-2-4-6-13/h2-8,16-17H,9-10H2,1H3. The first-order valence-electron chi connectivity index (χ1n) is 5.93. The molecule has 4 heteroatoms. The first-order chi connectivity index (χ1) is 9.28. The number of methoxy groups -OCH3 is 1. The zero-order valence-electron chi connectivity index (χ0n) is 10.7. The lowest BCUT2D eigenvalue weighted by Gasteiger charge is -2.14. The number of hydrogen-bond donors (Lipinski definition) is 2. The van der Waals surface area contributed by atoms with Gasteiger partial charge in [-0.25, -0.2) is 0 Å². The van der Waals surface area contributed by atoms with Crippen molar-refractivity contribution < 1.29 is 19.7 Å². The van der Waals surface area contributed by atoms with E-state index in [1.165, 1.54) is 7.11 Å². The highest BCUT2D eigenvalue weighted by Crippen LogP contribution is 2.32. The smallest absolute Gasteiger partial charge is 0.130 e. The highest BCUT2D eigenvalue weighted by atomic mass is 16.5. The molecular formula is C15H16O4. The molecule has 0 unspecified atom stereocenters. The first-order valence-corrected chi connectivity index (χ1v) is 5.93. The molecule has 0 saturated carbocycles. The summed E-state index contributed by atoms with van der Waals surface area (Å²) >= 11 is 0. The van der Waals surface area contributed by atoms with Gasteiger partial charge >= 0.3 is 0 Å². The molecule has 2 rings (SSSR count). The van der Waals surface area contributed by atoms with Gasteiger partial charge in [-0.3, -0.25) is 0 Å². The molecule has 0 amide bonds. The molecule has 4 nitrogen and oxygen atoms in total. The Bertz CT molecular complexity index is 512. The highest BCUT2D eigenvalue weighted by Gasteiger charge is 2.11. The Labute approximate surface area is 111 Å².